The Bertz CT molecular complexity index is 565. The zero-order valence-corrected chi connectivity index (χ0v) is 12.1. The van der Waals surface area contributed by atoms with Gasteiger partial charge in [-0.1, -0.05) is 12.1 Å². The number of hydrogen-bond acceptors (Lipinski definition) is 4. The number of ketones is 1. The Balaban J connectivity index is 1.82. The fraction of sp³-hybridized carbons (Fsp3) is 0.438. The van der Waals surface area contributed by atoms with E-state index in [1.807, 2.05) is 18.2 Å². The van der Waals surface area contributed by atoms with Gasteiger partial charge in [0.05, 0.1) is 7.11 Å². The van der Waals surface area contributed by atoms with Crippen LogP contribution in [0, 0.1) is 0 Å². The van der Waals surface area contributed by atoms with E-state index in [0.29, 0.717) is 5.56 Å². The lowest BCUT2D eigenvalue weighted by atomic mass is 10.0. The number of esters is 1. The quantitative estimate of drug-likeness (QED) is 0.635. The molecule has 0 saturated carbocycles. The molecule has 2 rings (SSSR count). The van der Waals surface area contributed by atoms with Crippen molar-refractivity contribution in [3.8, 4) is 0 Å². The maximum Gasteiger partial charge on any atom is 0.325 e. The number of carbonyl (C=O) groups is 3. The third kappa shape index (κ3) is 4.15. The second kappa shape index (κ2) is 7.02. The van der Waals surface area contributed by atoms with Crippen LogP contribution in [0.15, 0.2) is 18.2 Å². The van der Waals surface area contributed by atoms with Gasteiger partial charge in [-0.25, -0.2) is 0 Å². The first kappa shape index (κ1) is 15.2. The molecule has 1 aliphatic rings. The van der Waals surface area contributed by atoms with Gasteiger partial charge >= 0.3 is 5.97 Å². The van der Waals surface area contributed by atoms with Crippen molar-refractivity contribution in [1.29, 1.82) is 0 Å². The molecule has 0 atom stereocenters. The molecule has 0 bridgehead atoms. The fourth-order valence-electron chi connectivity index (χ4n) is 2.45. The number of benzene rings is 1. The topological polar surface area (TPSA) is 72.5 Å². The highest BCUT2D eigenvalue weighted by atomic mass is 16.5. The first-order chi connectivity index (χ1) is 10.1. The molecule has 1 N–H and O–H groups in total. The number of fused-ring (bicyclic) bond motifs is 1. The molecular formula is C16H19NO4. The number of carbonyl (C=O) groups excluding carboxylic acids is 3. The lowest BCUT2D eigenvalue weighted by Crippen LogP contribution is -2.30. The molecule has 0 aromatic heterocycles. The van der Waals surface area contributed by atoms with Crippen molar-refractivity contribution in [3.05, 3.63) is 34.9 Å². The predicted molar refractivity (Wildman–Crippen MR) is 77.1 cm³/mol. The number of Topliss-reactive ketones (excluding diaryl/α,β-unsaturated/α-hetero) is 1. The van der Waals surface area contributed by atoms with Crippen LogP contribution in [0.4, 0.5) is 0 Å². The molecule has 0 heterocycles. The molecule has 1 aromatic carbocycles. The summed E-state index contributed by atoms with van der Waals surface area (Å²) < 4.78 is 4.42. The van der Waals surface area contributed by atoms with Crippen LogP contribution in [0.25, 0.3) is 0 Å². The zero-order chi connectivity index (χ0) is 15.2. The van der Waals surface area contributed by atoms with E-state index in [1.54, 1.807) is 0 Å². The molecule has 5 nitrogen and oxygen atoms in total. The smallest absolute Gasteiger partial charge is 0.325 e. The van der Waals surface area contributed by atoms with Gasteiger partial charge in [-0.15, -0.1) is 0 Å². The molecule has 5 heteroatoms. The first-order valence-corrected chi connectivity index (χ1v) is 7.08. The van der Waals surface area contributed by atoms with Crippen LogP contribution in [0.3, 0.4) is 0 Å². The Labute approximate surface area is 123 Å². The van der Waals surface area contributed by atoms with Crippen molar-refractivity contribution in [3.63, 3.8) is 0 Å². The van der Waals surface area contributed by atoms with Gasteiger partial charge in [0.2, 0.25) is 5.91 Å². The second-order valence-electron chi connectivity index (χ2n) is 5.11. The summed E-state index contributed by atoms with van der Waals surface area (Å²) in [5.41, 5.74) is 3.23. The number of amides is 1. The van der Waals surface area contributed by atoms with E-state index >= 15 is 0 Å². The Morgan fingerprint density at radius 2 is 1.90 bits per heavy atom. The molecule has 0 fully saturated rings. The van der Waals surface area contributed by atoms with Gasteiger partial charge in [-0.05, 0) is 36.5 Å². The van der Waals surface area contributed by atoms with Crippen molar-refractivity contribution in [2.24, 2.45) is 0 Å². The largest absolute Gasteiger partial charge is 0.468 e. The number of ether oxygens (including phenoxy) is 1. The van der Waals surface area contributed by atoms with E-state index in [1.165, 1.54) is 18.2 Å². The highest BCUT2D eigenvalue weighted by molar-refractivity contribution is 5.98. The van der Waals surface area contributed by atoms with Crippen molar-refractivity contribution in [2.75, 3.05) is 13.7 Å². The SMILES string of the molecule is COC(=O)CNC(=O)CCC(=O)c1ccc2c(c1)CCC2. The van der Waals surface area contributed by atoms with Crippen LogP contribution in [0.5, 0.6) is 0 Å². The van der Waals surface area contributed by atoms with Gasteiger partial charge in [0.15, 0.2) is 5.78 Å². The Morgan fingerprint density at radius 3 is 2.67 bits per heavy atom. The Morgan fingerprint density at radius 1 is 1.14 bits per heavy atom. The minimum Gasteiger partial charge on any atom is -0.468 e. The van der Waals surface area contributed by atoms with E-state index < -0.39 is 5.97 Å². The van der Waals surface area contributed by atoms with Crippen LogP contribution < -0.4 is 5.32 Å². The fourth-order valence-corrected chi connectivity index (χ4v) is 2.45. The summed E-state index contributed by atoms with van der Waals surface area (Å²) in [6.45, 7) is -0.164. The first-order valence-electron chi connectivity index (χ1n) is 7.08. The second-order valence-corrected chi connectivity index (χ2v) is 5.11. The summed E-state index contributed by atoms with van der Waals surface area (Å²) >= 11 is 0. The van der Waals surface area contributed by atoms with E-state index in [4.69, 9.17) is 0 Å². The number of rotatable bonds is 6. The number of methoxy groups -OCH3 is 1. The summed E-state index contributed by atoms with van der Waals surface area (Å²) in [5, 5.41) is 2.42. The molecule has 0 spiro atoms. The van der Waals surface area contributed by atoms with Crippen LogP contribution >= 0.6 is 0 Å². The molecule has 1 aromatic rings. The summed E-state index contributed by atoms with van der Waals surface area (Å²) in [4.78, 5) is 34.5. The van der Waals surface area contributed by atoms with Crippen LogP contribution in [0.1, 0.15) is 40.7 Å². The van der Waals surface area contributed by atoms with Gasteiger partial charge in [0.1, 0.15) is 6.54 Å². The summed E-state index contributed by atoms with van der Waals surface area (Å²) in [6.07, 6.45) is 3.47. The molecule has 0 radical (unpaired) electrons. The number of nitrogens with one attached hydrogen (secondary N) is 1. The summed E-state index contributed by atoms with van der Waals surface area (Å²) in [6, 6.07) is 5.78. The lowest BCUT2D eigenvalue weighted by molar-refractivity contribution is -0.141. The van der Waals surface area contributed by atoms with Crippen molar-refractivity contribution < 1.29 is 19.1 Å². The third-order valence-corrected chi connectivity index (χ3v) is 3.66. The molecular weight excluding hydrogens is 270 g/mol. The predicted octanol–water partition coefficient (Wildman–Crippen LogP) is 1.43. The Kier molecular flexibility index (Phi) is 5.09. The van der Waals surface area contributed by atoms with Gasteiger partial charge in [-0.2, -0.15) is 0 Å². The maximum absolute atomic E-state index is 12.1. The monoisotopic (exact) mass is 289 g/mol. The molecule has 1 aliphatic carbocycles. The standard InChI is InChI=1S/C16H19NO4/c1-21-16(20)10-17-15(19)8-7-14(18)13-6-5-11-3-2-4-12(11)9-13/h5-6,9H,2-4,7-8,10H2,1H3,(H,17,19). The highest BCUT2D eigenvalue weighted by Crippen LogP contribution is 2.23. The van der Waals surface area contributed by atoms with E-state index in [-0.39, 0.29) is 31.1 Å². The average molecular weight is 289 g/mol. The minimum absolute atomic E-state index is 0.0436. The van der Waals surface area contributed by atoms with Crippen molar-refractivity contribution in [2.45, 2.75) is 32.1 Å². The minimum atomic E-state index is -0.506. The average Bonchev–Trinajstić information content (AvgIpc) is 2.97. The van der Waals surface area contributed by atoms with E-state index in [9.17, 15) is 14.4 Å². The molecule has 0 unspecified atom stereocenters. The molecule has 0 saturated heterocycles. The van der Waals surface area contributed by atoms with E-state index in [2.05, 4.69) is 10.1 Å². The van der Waals surface area contributed by atoms with Gasteiger partial charge < -0.3 is 10.1 Å². The van der Waals surface area contributed by atoms with Crippen LogP contribution in [0.2, 0.25) is 0 Å². The third-order valence-electron chi connectivity index (χ3n) is 3.66. The lowest BCUT2D eigenvalue weighted by Gasteiger charge is -2.05. The Hall–Kier alpha value is -2.17. The highest BCUT2D eigenvalue weighted by Gasteiger charge is 2.15. The number of hydrogen-bond donors (Lipinski definition) is 1. The summed E-state index contributed by atoms with van der Waals surface area (Å²) in [7, 11) is 1.26. The summed E-state index contributed by atoms with van der Waals surface area (Å²) in [5.74, 6) is -0.874. The van der Waals surface area contributed by atoms with Crippen LogP contribution in [-0.4, -0.2) is 31.3 Å². The van der Waals surface area contributed by atoms with Gasteiger partial charge in [-0.3, -0.25) is 14.4 Å². The maximum atomic E-state index is 12.1. The zero-order valence-electron chi connectivity index (χ0n) is 12.1. The number of aryl methyl sites for hydroxylation is 2. The van der Waals surface area contributed by atoms with Crippen LogP contribution in [-0.2, 0) is 27.2 Å². The van der Waals surface area contributed by atoms with Gasteiger partial charge in [0.25, 0.3) is 0 Å². The molecule has 0 aliphatic heterocycles. The van der Waals surface area contributed by atoms with Gasteiger partial charge in [0, 0.05) is 18.4 Å². The molecule has 21 heavy (non-hydrogen) atoms. The van der Waals surface area contributed by atoms with Crippen molar-refractivity contribution in [1.82, 2.24) is 5.32 Å². The van der Waals surface area contributed by atoms with Crippen molar-refractivity contribution >= 4 is 17.7 Å². The normalized spacial score (nSPS) is 12.6. The van der Waals surface area contributed by atoms with E-state index in [0.717, 1.165) is 19.3 Å². The molecule has 1 amide bonds. The molecule has 112 valence electrons.